The SMILES string of the molecule is COc1ccc(C(=O)O)cc1NC(=O)/C(=C/c1ccc(Br)c(F)c1)NC(=O)c1ccccc1. The number of carboxylic acids is 1. The number of halogens is 2. The van der Waals surface area contributed by atoms with E-state index in [-0.39, 0.29) is 27.2 Å². The molecule has 0 bridgehead atoms. The third-order valence-electron chi connectivity index (χ3n) is 4.48. The molecule has 0 saturated heterocycles. The second kappa shape index (κ2) is 10.6. The second-order valence-corrected chi connectivity index (χ2v) is 7.58. The molecule has 0 saturated carbocycles. The van der Waals surface area contributed by atoms with Crippen molar-refractivity contribution in [1.29, 1.82) is 0 Å². The van der Waals surface area contributed by atoms with Crippen LogP contribution in [-0.4, -0.2) is 30.0 Å². The average Bonchev–Trinajstić information content (AvgIpc) is 2.81. The van der Waals surface area contributed by atoms with Crippen LogP contribution in [0.3, 0.4) is 0 Å². The van der Waals surface area contributed by atoms with Crippen LogP contribution in [0.4, 0.5) is 10.1 Å². The Morgan fingerprint density at radius 2 is 1.73 bits per heavy atom. The van der Waals surface area contributed by atoms with E-state index < -0.39 is 23.6 Å². The van der Waals surface area contributed by atoms with E-state index in [9.17, 15) is 23.9 Å². The molecule has 0 fully saturated rings. The molecule has 168 valence electrons. The van der Waals surface area contributed by atoms with Crippen molar-refractivity contribution in [3.8, 4) is 5.75 Å². The summed E-state index contributed by atoms with van der Waals surface area (Å²) in [6, 6.07) is 16.4. The van der Waals surface area contributed by atoms with E-state index in [1.54, 1.807) is 36.4 Å². The summed E-state index contributed by atoms with van der Waals surface area (Å²) in [6.45, 7) is 0. The first-order valence-corrected chi connectivity index (χ1v) is 10.3. The molecule has 3 aromatic carbocycles. The lowest BCUT2D eigenvalue weighted by atomic mass is 10.1. The summed E-state index contributed by atoms with van der Waals surface area (Å²) in [7, 11) is 1.37. The van der Waals surface area contributed by atoms with Crippen LogP contribution in [-0.2, 0) is 4.79 Å². The van der Waals surface area contributed by atoms with Crippen molar-refractivity contribution in [3.63, 3.8) is 0 Å². The molecular weight excluding hydrogens is 495 g/mol. The third-order valence-corrected chi connectivity index (χ3v) is 5.12. The van der Waals surface area contributed by atoms with Gasteiger partial charge in [0.25, 0.3) is 11.8 Å². The van der Waals surface area contributed by atoms with Gasteiger partial charge in [-0.1, -0.05) is 24.3 Å². The van der Waals surface area contributed by atoms with Crippen LogP contribution < -0.4 is 15.4 Å². The monoisotopic (exact) mass is 512 g/mol. The Bertz CT molecular complexity index is 1240. The predicted molar refractivity (Wildman–Crippen MR) is 125 cm³/mol. The van der Waals surface area contributed by atoms with E-state index in [4.69, 9.17) is 4.74 Å². The van der Waals surface area contributed by atoms with Crippen LogP contribution >= 0.6 is 15.9 Å². The van der Waals surface area contributed by atoms with Gasteiger partial charge in [-0.3, -0.25) is 9.59 Å². The van der Waals surface area contributed by atoms with Crippen LogP contribution in [0.1, 0.15) is 26.3 Å². The van der Waals surface area contributed by atoms with Crippen molar-refractivity contribution >= 4 is 45.5 Å². The van der Waals surface area contributed by atoms with Crippen LogP contribution in [0, 0.1) is 5.82 Å². The van der Waals surface area contributed by atoms with Gasteiger partial charge in [0, 0.05) is 5.56 Å². The standard InChI is InChI=1S/C24H18BrFN2O5/c1-33-21-10-8-16(24(31)32)13-19(21)27-23(30)20(12-14-7-9-17(25)18(26)11-14)28-22(29)15-5-3-2-4-6-15/h2-13H,1H3,(H,27,30)(H,28,29)(H,31,32)/b20-12-. The van der Waals surface area contributed by atoms with E-state index in [1.165, 1.54) is 43.5 Å². The van der Waals surface area contributed by atoms with Gasteiger partial charge in [-0.15, -0.1) is 0 Å². The highest BCUT2D eigenvalue weighted by molar-refractivity contribution is 9.10. The predicted octanol–water partition coefficient (Wildman–Crippen LogP) is 4.70. The minimum atomic E-state index is -1.19. The number of ether oxygens (including phenoxy) is 1. The number of hydrogen-bond donors (Lipinski definition) is 3. The van der Waals surface area contributed by atoms with E-state index in [1.807, 2.05) is 0 Å². The van der Waals surface area contributed by atoms with Gasteiger partial charge in [0.05, 0.1) is 22.8 Å². The smallest absolute Gasteiger partial charge is 0.335 e. The first kappa shape index (κ1) is 23.7. The molecule has 7 nitrogen and oxygen atoms in total. The fourth-order valence-corrected chi connectivity index (χ4v) is 3.09. The summed E-state index contributed by atoms with van der Waals surface area (Å²) >= 11 is 3.07. The molecule has 0 radical (unpaired) electrons. The maximum absolute atomic E-state index is 14.0. The minimum Gasteiger partial charge on any atom is -0.495 e. The third kappa shape index (κ3) is 6.05. The number of nitrogens with one attached hydrogen (secondary N) is 2. The number of carbonyl (C=O) groups excluding carboxylic acids is 2. The van der Waals surface area contributed by atoms with Crippen molar-refractivity contribution < 1.29 is 28.6 Å². The molecule has 0 spiro atoms. The first-order valence-electron chi connectivity index (χ1n) is 9.54. The highest BCUT2D eigenvalue weighted by atomic mass is 79.9. The average molecular weight is 513 g/mol. The Morgan fingerprint density at radius 3 is 2.36 bits per heavy atom. The van der Waals surface area contributed by atoms with E-state index >= 15 is 0 Å². The summed E-state index contributed by atoms with van der Waals surface area (Å²) < 4.78 is 19.4. The maximum Gasteiger partial charge on any atom is 0.335 e. The maximum atomic E-state index is 14.0. The second-order valence-electron chi connectivity index (χ2n) is 6.73. The van der Waals surface area contributed by atoms with E-state index in [0.29, 0.717) is 11.1 Å². The minimum absolute atomic E-state index is 0.0695. The molecule has 0 aromatic heterocycles. The number of benzene rings is 3. The van der Waals surface area contributed by atoms with Gasteiger partial charge in [0.1, 0.15) is 17.3 Å². The van der Waals surface area contributed by atoms with Gasteiger partial charge in [0.15, 0.2) is 0 Å². The summed E-state index contributed by atoms with van der Waals surface area (Å²) in [4.78, 5) is 37.1. The lowest BCUT2D eigenvalue weighted by Gasteiger charge is -2.14. The molecule has 0 heterocycles. The van der Waals surface area contributed by atoms with E-state index in [0.717, 1.165) is 0 Å². The number of carboxylic acid groups (broad SMARTS) is 1. The summed E-state index contributed by atoms with van der Waals surface area (Å²) in [5.74, 6) is -2.83. The van der Waals surface area contributed by atoms with Gasteiger partial charge in [0.2, 0.25) is 0 Å². The van der Waals surface area contributed by atoms with Crippen LogP contribution in [0.25, 0.3) is 6.08 Å². The van der Waals surface area contributed by atoms with Gasteiger partial charge >= 0.3 is 5.97 Å². The van der Waals surface area contributed by atoms with Gasteiger partial charge < -0.3 is 20.5 Å². The molecule has 9 heteroatoms. The zero-order chi connectivity index (χ0) is 24.0. The largest absolute Gasteiger partial charge is 0.495 e. The van der Waals surface area contributed by atoms with Crippen molar-refractivity contribution in [2.75, 3.05) is 12.4 Å². The fourth-order valence-electron chi connectivity index (χ4n) is 2.84. The normalized spacial score (nSPS) is 10.9. The lowest BCUT2D eigenvalue weighted by molar-refractivity contribution is -0.113. The Morgan fingerprint density at radius 1 is 1.00 bits per heavy atom. The summed E-state index contributed by atoms with van der Waals surface area (Å²) in [5.41, 5.74) is 0.460. The fraction of sp³-hybridized carbons (Fsp3) is 0.0417. The van der Waals surface area contributed by atoms with Crippen molar-refractivity contribution in [1.82, 2.24) is 5.32 Å². The number of rotatable bonds is 7. The molecule has 0 unspecified atom stereocenters. The Kier molecular flexibility index (Phi) is 7.57. The number of amides is 2. The van der Waals surface area contributed by atoms with Crippen molar-refractivity contribution in [2.45, 2.75) is 0 Å². The summed E-state index contributed by atoms with van der Waals surface area (Å²) in [5, 5.41) is 14.3. The first-order chi connectivity index (χ1) is 15.8. The zero-order valence-electron chi connectivity index (χ0n) is 17.3. The molecular formula is C24H18BrFN2O5. The molecule has 0 aliphatic rings. The molecule has 3 N–H and O–H groups in total. The molecule has 2 amide bonds. The molecule has 0 aliphatic carbocycles. The number of carbonyl (C=O) groups is 3. The van der Waals surface area contributed by atoms with Gasteiger partial charge in [-0.05, 0) is 70.0 Å². The van der Waals surface area contributed by atoms with Crippen LogP contribution in [0.2, 0.25) is 0 Å². The van der Waals surface area contributed by atoms with Crippen molar-refractivity contribution in [3.05, 3.63) is 99.4 Å². The lowest BCUT2D eigenvalue weighted by Crippen LogP contribution is -2.30. The Balaban J connectivity index is 1.98. The molecule has 3 rings (SSSR count). The number of aromatic carboxylic acids is 1. The highest BCUT2D eigenvalue weighted by Gasteiger charge is 2.18. The molecule has 0 atom stereocenters. The zero-order valence-corrected chi connectivity index (χ0v) is 18.9. The molecule has 0 aliphatic heterocycles. The topological polar surface area (TPSA) is 105 Å². The summed E-state index contributed by atoms with van der Waals surface area (Å²) in [6.07, 6.45) is 1.30. The molecule has 3 aromatic rings. The Labute approximate surface area is 197 Å². The van der Waals surface area contributed by atoms with E-state index in [2.05, 4.69) is 26.6 Å². The molecule has 33 heavy (non-hydrogen) atoms. The quantitative estimate of drug-likeness (QED) is 0.398. The van der Waals surface area contributed by atoms with Gasteiger partial charge in [-0.25, -0.2) is 9.18 Å². The number of hydrogen-bond acceptors (Lipinski definition) is 4. The van der Waals surface area contributed by atoms with Crippen LogP contribution in [0.15, 0.2) is 76.9 Å². The Hall–Kier alpha value is -3.98. The highest BCUT2D eigenvalue weighted by Crippen LogP contribution is 2.26. The number of anilines is 1. The number of methoxy groups -OCH3 is 1. The van der Waals surface area contributed by atoms with Crippen LogP contribution in [0.5, 0.6) is 5.75 Å². The van der Waals surface area contributed by atoms with Crippen molar-refractivity contribution in [2.24, 2.45) is 0 Å². The van der Waals surface area contributed by atoms with Gasteiger partial charge in [-0.2, -0.15) is 0 Å².